The summed E-state index contributed by atoms with van der Waals surface area (Å²) in [6.07, 6.45) is 0.661. The smallest absolute Gasteiger partial charge is 0.251 e. The number of aryl methyl sites for hydroxylation is 2. The van der Waals surface area contributed by atoms with Gasteiger partial charge >= 0.3 is 0 Å². The zero-order valence-corrected chi connectivity index (χ0v) is 15.0. The first-order chi connectivity index (χ1) is 12.0. The molecular formula is C20H19FN2OS. The third-order valence-corrected chi connectivity index (χ3v) is 5.02. The van der Waals surface area contributed by atoms with Crippen LogP contribution < -0.4 is 5.32 Å². The summed E-state index contributed by atoms with van der Waals surface area (Å²) in [6, 6.07) is 12.0. The topological polar surface area (TPSA) is 42.0 Å². The lowest BCUT2D eigenvalue weighted by molar-refractivity contribution is 0.0954. The lowest BCUT2D eigenvalue weighted by Crippen LogP contribution is -2.25. The third-order valence-electron chi connectivity index (χ3n) is 4.08. The van der Waals surface area contributed by atoms with Gasteiger partial charge in [0.25, 0.3) is 5.91 Å². The van der Waals surface area contributed by atoms with Crippen molar-refractivity contribution in [2.75, 3.05) is 6.54 Å². The molecule has 3 rings (SSSR count). The molecule has 0 spiro atoms. The highest BCUT2D eigenvalue weighted by Crippen LogP contribution is 2.24. The van der Waals surface area contributed by atoms with Gasteiger partial charge in [0.1, 0.15) is 10.8 Å². The van der Waals surface area contributed by atoms with Crippen LogP contribution in [-0.2, 0) is 6.42 Å². The Morgan fingerprint density at radius 2 is 1.88 bits per heavy atom. The molecule has 2 aromatic carbocycles. The molecule has 5 heteroatoms. The van der Waals surface area contributed by atoms with Crippen molar-refractivity contribution in [3.8, 4) is 10.6 Å². The van der Waals surface area contributed by atoms with Crippen molar-refractivity contribution in [1.82, 2.24) is 10.3 Å². The van der Waals surface area contributed by atoms with E-state index in [1.54, 1.807) is 12.1 Å². The van der Waals surface area contributed by atoms with Gasteiger partial charge in [-0.2, -0.15) is 0 Å². The first kappa shape index (κ1) is 17.3. The van der Waals surface area contributed by atoms with Gasteiger partial charge in [0.05, 0.1) is 5.69 Å². The van der Waals surface area contributed by atoms with E-state index in [0.29, 0.717) is 18.5 Å². The number of nitrogens with one attached hydrogen (secondary N) is 1. The summed E-state index contributed by atoms with van der Waals surface area (Å²) >= 11 is 1.52. The van der Waals surface area contributed by atoms with E-state index in [1.807, 2.05) is 37.4 Å². The maximum atomic E-state index is 13.0. The standard InChI is InChI=1S/C20H19FN2OS/c1-13-3-4-16(11-14(13)2)19(24)22-10-9-18-12-25-20(23-18)15-5-7-17(21)8-6-15/h3-8,11-12H,9-10H2,1-2H3,(H,22,24). The van der Waals surface area contributed by atoms with E-state index in [9.17, 15) is 9.18 Å². The largest absolute Gasteiger partial charge is 0.352 e. The highest BCUT2D eigenvalue weighted by atomic mass is 32.1. The van der Waals surface area contributed by atoms with Crippen molar-refractivity contribution in [3.63, 3.8) is 0 Å². The Morgan fingerprint density at radius 3 is 2.60 bits per heavy atom. The SMILES string of the molecule is Cc1ccc(C(=O)NCCc2csc(-c3ccc(F)cc3)n2)cc1C. The van der Waals surface area contributed by atoms with Crippen LogP contribution in [0.4, 0.5) is 4.39 Å². The number of hydrogen-bond donors (Lipinski definition) is 1. The number of benzene rings is 2. The number of aromatic nitrogens is 1. The second-order valence-corrected chi connectivity index (χ2v) is 6.81. The molecule has 3 nitrogen and oxygen atoms in total. The van der Waals surface area contributed by atoms with Crippen LogP contribution in [0.25, 0.3) is 10.6 Å². The van der Waals surface area contributed by atoms with E-state index in [2.05, 4.69) is 10.3 Å². The van der Waals surface area contributed by atoms with Crippen molar-refractivity contribution in [2.45, 2.75) is 20.3 Å². The van der Waals surface area contributed by atoms with Gasteiger partial charge in [-0.25, -0.2) is 9.37 Å². The maximum Gasteiger partial charge on any atom is 0.251 e. The molecule has 3 aromatic rings. The molecule has 25 heavy (non-hydrogen) atoms. The first-order valence-electron chi connectivity index (χ1n) is 8.09. The molecule has 0 bridgehead atoms. The van der Waals surface area contributed by atoms with E-state index in [1.165, 1.54) is 29.0 Å². The van der Waals surface area contributed by atoms with E-state index in [4.69, 9.17) is 0 Å². The molecule has 0 aliphatic rings. The number of rotatable bonds is 5. The molecule has 0 radical (unpaired) electrons. The van der Waals surface area contributed by atoms with Gasteiger partial charge in [-0.1, -0.05) is 6.07 Å². The molecule has 128 valence electrons. The summed E-state index contributed by atoms with van der Waals surface area (Å²) in [5.41, 5.74) is 4.78. The molecule has 0 unspecified atom stereocenters. The number of carbonyl (C=O) groups is 1. The van der Waals surface area contributed by atoms with Gasteiger partial charge in [0, 0.05) is 29.5 Å². The lowest BCUT2D eigenvalue weighted by atomic mass is 10.1. The predicted octanol–water partition coefficient (Wildman–Crippen LogP) is 4.54. The van der Waals surface area contributed by atoms with E-state index < -0.39 is 0 Å². The number of thiazole rings is 1. The quantitative estimate of drug-likeness (QED) is 0.731. The fraction of sp³-hybridized carbons (Fsp3) is 0.200. The molecule has 0 saturated carbocycles. The summed E-state index contributed by atoms with van der Waals surface area (Å²) in [7, 11) is 0. The predicted molar refractivity (Wildman–Crippen MR) is 99.5 cm³/mol. The Hall–Kier alpha value is -2.53. The average molecular weight is 354 g/mol. The van der Waals surface area contributed by atoms with Crippen LogP contribution >= 0.6 is 11.3 Å². The summed E-state index contributed by atoms with van der Waals surface area (Å²) in [4.78, 5) is 16.7. The van der Waals surface area contributed by atoms with Crippen LogP contribution in [0, 0.1) is 19.7 Å². The van der Waals surface area contributed by atoms with E-state index in [0.717, 1.165) is 21.8 Å². The maximum absolute atomic E-state index is 13.0. The van der Waals surface area contributed by atoms with Crippen molar-refractivity contribution in [2.24, 2.45) is 0 Å². The Morgan fingerprint density at radius 1 is 1.12 bits per heavy atom. The zero-order chi connectivity index (χ0) is 17.8. The lowest BCUT2D eigenvalue weighted by Gasteiger charge is -2.06. The molecule has 1 N–H and O–H groups in total. The number of halogens is 1. The number of nitrogens with zero attached hydrogens (tertiary/aromatic N) is 1. The Balaban J connectivity index is 1.56. The molecule has 0 fully saturated rings. The van der Waals surface area contributed by atoms with Crippen LogP contribution in [0.2, 0.25) is 0 Å². The number of hydrogen-bond acceptors (Lipinski definition) is 3. The second kappa shape index (κ2) is 7.57. The Labute approximate surface area is 150 Å². The van der Waals surface area contributed by atoms with Crippen LogP contribution in [0.15, 0.2) is 47.8 Å². The van der Waals surface area contributed by atoms with Gasteiger partial charge in [-0.3, -0.25) is 4.79 Å². The second-order valence-electron chi connectivity index (χ2n) is 5.96. The van der Waals surface area contributed by atoms with Gasteiger partial charge < -0.3 is 5.32 Å². The molecule has 0 aliphatic carbocycles. The van der Waals surface area contributed by atoms with Gasteiger partial charge in [0.2, 0.25) is 0 Å². The Kier molecular flexibility index (Phi) is 5.24. The van der Waals surface area contributed by atoms with Crippen molar-refractivity contribution < 1.29 is 9.18 Å². The fourth-order valence-corrected chi connectivity index (χ4v) is 3.30. The van der Waals surface area contributed by atoms with Crippen LogP contribution in [0.5, 0.6) is 0 Å². The van der Waals surface area contributed by atoms with E-state index in [-0.39, 0.29) is 11.7 Å². The van der Waals surface area contributed by atoms with Gasteiger partial charge in [-0.05, 0) is 61.4 Å². The Bertz CT molecular complexity index is 887. The normalized spacial score (nSPS) is 10.7. The monoisotopic (exact) mass is 354 g/mol. The zero-order valence-electron chi connectivity index (χ0n) is 14.2. The average Bonchev–Trinajstić information content (AvgIpc) is 3.06. The third kappa shape index (κ3) is 4.31. The highest BCUT2D eigenvalue weighted by Gasteiger charge is 2.08. The van der Waals surface area contributed by atoms with Gasteiger partial charge in [0.15, 0.2) is 0 Å². The van der Waals surface area contributed by atoms with Crippen molar-refractivity contribution >= 4 is 17.2 Å². The van der Waals surface area contributed by atoms with Gasteiger partial charge in [-0.15, -0.1) is 11.3 Å². The first-order valence-corrected chi connectivity index (χ1v) is 8.96. The molecule has 1 heterocycles. The summed E-state index contributed by atoms with van der Waals surface area (Å²) < 4.78 is 13.0. The van der Waals surface area contributed by atoms with Crippen LogP contribution in [-0.4, -0.2) is 17.4 Å². The molecule has 1 amide bonds. The molecule has 0 aliphatic heterocycles. The minimum absolute atomic E-state index is 0.0721. The summed E-state index contributed by atoms with van der Waals surface area (Å²) in [5.74, 6) is -0.327. The summed E-state index contributed by atoms with van der Waals surface area (Å²) in [5, 5.41) is 5.76. The van der Waals surface area contributed by atoms with Crippen LogP contribution in [0.1, 0.15) is 27.2 Å². The molecule has 1 aromatic heterocycles. The molecule has 0 atom stereocenters. The van der Waals surface area contributed by atoms with Crippen LogP contribution in [0.3, 0.4) is 0 Å². The fourth-order valence-electron chi connectivity index (χ4n) is 2.44. The molecular weight excluding hydrogens is 335 g/mol. The summed E-state index contributed by atoms with van der Waals surface area (Å²) in [6.45, 7) is 4.55. The molecule has 0 saturated heterocycles. The van der Waals surface area contributed by atoms with E-state index >= 15 is 0 Å². The minimum atomic E-state index is -0.255. The van der Waals surface area contributed by atoms with Crippen molar-refractivity contribution in [1.29, 1.82) is 0 Å². The highest BCUT2D eigenvalue weighted by molar-refractivity contribution is 7.13. The number of carbonyl (C=O) groups excluding carboxylic acids is 1. The van der Waals surface area contributed by atoms with Crippen molar-refractivity contribution in [3.05, 3.63) is 76.0 Å². The minimum Gasteiger partial charge on any atom is -0.352 e. The number of amides is 1.